The lowest BCUT2D eigenvalue weighted by molar-refractivity contribution is 0.0733. The van der Waals surface area contributed by atoms with Crippen molar-refractivity contribution in [1.29, 1.82) is 0 Å². The molecule has 1 fully saturated rings. The Labute approximate surface area is 131 Å². The summed E-state index contributed by atoms with van der Waals surface area (Å²) in [6, 6.07) is 4.98. The Balaban J connectivity index is 2.24. The summed E-state index contributed by atoms with van der Waals surface area (Å²) in [7, 11) is -0.338. The molecular formula is C14H21N3O4S. The van der Waals surface area contributed by atoms with Gasteiger partial charge in [-0.2, -0.15) is 12.7 Å². The van der Waals surface area contributed by atoms with Gasteiger partial charge in [0.2, 0.25) is 0 Å². The summed E-state index contributed by atoms with van der Waals surface area (Å²) in [5.74, 6) is -0.174. The van der Waals surface area contributed by atoms with Gasteiger partial charge in [-0.1, -0.05) is 6.07 Å². The average Bonchev–Trinajstić information content (AvgIpc) is 2.49. The SMILES string of the molecule is Cc1ccc(C(=O)N(C)C)cc1NS(=O)(=O)N1CCOCC1. The Morgan fingerprint density at radius 1 is 1.27 bits per heavy atom. The molecule has 1 aromatic carbocycles. The molecule has 7 nitrogen and oxygen atoms in total. The summed E-state index contributed by atoms with van der Waals surface area (Å²) in [6.45, 7) is 3.22. The first-order valence-corrected chi connectivity index (χ1v) is 8.43. The smallest absolute Gasteiger partial charge is 0.301 e. The molecule has 0 unspecified atom stereocenters. The van der Waals surface area contributed by atoms with E-state index in [1.807, 2.05) is 0 Å². The van der Waals surface area contributed by atoms with Gasteiger partial charge < -0.3 is 9.64 Å². The monoisotopic (exact) mass is 327 g/mol. The summed E-state index contributed by atoms with van der Waals surface area (Å²) in [6.07, 6.45) is 0. The van der Waals surface area contributed by atoms with E-state index in [2.05, 4.69) is 4.72 Å². The van der Waals surface area contributed by atoms with Crippen LogP contribution in [0.4, 0.5) is 5.69 Å². The minimum atomic E-state index is -3.64. The third-order valence-electron chi connectivity index (χ3n) is 3.44. The number of ether oxygens (including phenoxy) is 1. The minimum absolute atomic E-state index is 0.174. The fraction of sp³-hybridized carbons (Fsp3) is 0.500. The van der Waals surface area contributed by atoms with E-state index in [9.17, 15) is 13.2 Å². The van der Waals surface area contributed by atoms with E-state index in [0.717, 1.165) is 5.56 Å². The summed E-state index contributed by atoms with van der Waals surface area (Å²) in [4.78, 5) is 13.4. The van der Waals surface area contributed by atoms with E-state index in [1.54, 1.807) is 39.2 Å². The highest BCUT2D eigenvalue weighted by atomic mass is 32.2. The third-order valence-corrected chi connectivity index (χ3v) is 4.96. The van der Waals surface area contributed by atoms with Crippen molar-refractivity contribution in [3.8, 4) is 0 Å². The molecule has 0 atom stereocenters. The van der Waals surface area contributed by atoms with Gasteiger partial charge in [0.05, 0.1) is 18.9 Å². The summed E-state index contributed by atoms with van der Waals surface area (Å²) < 4.78 is 33.8. The molecule has 1 saturated heterocycles. The van der Waals surface area contributed by atoms with E-state index in [4.69, 9.17) is 4.74 Å². The maximum atomic E-state index is 12.4. The summed E-state index contributed by atoms with van der Waals surface area (Å²) >= 11 is 0. The van der Waals surface area contributed by atoms with E-state index < -0.39 is 10.2 Å². The molecule has 0 saturated carbocycles. The highest BCUT2D eigenvalue weighted by molar-refractivity contribution is 7.90. The Morgan fingerprint density at radius 3 is 2.50 bits per heavy atom. The lowest BCUT2D eigenvalue weighted by Gasteiger charge is -2.26. The number of hydrogen-bond donors (Lipinski definition) is 1. The van der Waals surface area contributed by atoms with Gasteiger partial charge in [0, 0.05) is 32.7 Å². The molecule has 122 valence electrons. The Bertz CT molecular complexity index is 652. The second-order valence-corrected chi connectivity index (χ2v) is 7.02. The van der Waals surface area contributed by atoms with Crippen LogP contribution >= 0.6 is 0 Å². The standard InChI is InChI=1S/C14H21N3O4S/c1-11-4-5-12(14(18)16(2)3)10-13(11)15-22(19,20)17-6-8-21-9-7-17/h4-5,10,15H,6-9H2,1-3H3. The van der Waals surface area contributed by atoms with Gasteiger partial charge in [0.1, 0.15) is 0 Å². The number of nitrogens with zero attached hydrogens (tertiary/aromatic N) is 2. The lowest BCUT2D eigenvalue weighted by Crippen LogP contribution is -2.43. The van der Waals surface area contributed by atoms with Crippen LogP contribution in [0, 0.1) is 6.92 Å². The van der Waals surface area contributed by atoms with Crippen LogP contribution in [-0.4, -0.2) is 63.9 Å². The number of benzene rings is 1. The number of morpholine rings is 1. The van der Waals surface area contributed by atoms with Crippen LogP contribution in [0.25, 0.3) is 0 Å². The first kappa shape index (κ1) is 16.7. The van der Waals surface area contributed by atoms with Crippen LogP contribution in [0.3, 0.4) is 0 Å². The summed E-state index contributed by atoms with van der Waals surface area (Å²) in [5, 5.41) is 0. The highest BCUT2D eigenvalue weighted by Crippen LogP contribution is 2.20. The van der Waals surface area contributed by atoms with E-state index in [-0.39, 0.29) is 5.91 Å². The Hall–Kier alpha value is -1.64. The molecule has 2 rings (SSSR count). The van der Waals surface area contributed by atoms with Gasteiger partial charge in [0.25, 0.3) is 5.91 Å². The molecule has 0 spiro atoms. The maximum Gasteiger partial charge on any atom is 0.301 e. The minimum Gasteiger partial charge on any atom is -0.379 e. The van der Waals surface area contributed by atoms with Gasteiger partial charge in [-0.3, -0.25) is 9.52 Å². The van der Waals surface area contributed by atoms with E-state index in [0.29, 0.717) is 37.6 Å². The molecule has 0 aliphatic carbocycles. The zero-order chi connectivity index (χ0) is 16.3. The van der Waals surface area contributed by atoms with Gasteiger partial charge >= 0.3 is 10.2 Å². The molecule has 1 aliphatic rings. The Morgan fingerprint density at radius 2 is 1.91 bits per heavy atom. The fourth-order valence-electron chi connectivity index (χ4n) is 2.11. The number of rotatable bonds is 4. The molecule has 1 heterocycles. The molecule has 0 radical (unpaired) electrons. The van der Waals surface area contributed by atoms with Crippen molar-refractivity contribution in [2.75, 3.05) is 45.1 Å². The summed E-state index contributed by atoms with van der Waals surface area (Å²) in [5.41, 5.74) is 1.61. The molecule has 8 heteroatoms. The van der Waals surface area contributed by atoms with Gasteiger partial charge in [-0.15, -0.1) is 0 Å². The number of aryl methyl sites for hydroxylation is 1. The zero-order valence-electron chi connectivity index (χ0n) is 13.0. The quantitative estimate of drug-likeness (QED) is 0.882. The molecule has 1 aliphatic heterocycles. The Kier molecular flexibility index (Phi) is 5.05. The van der Waals surface area contributed by atoms with Crippen LogP contribution in [0.1, 0.15) is 15.9 Å². The van der Waals surface area contributed by atoms with Crippen molar-refractivity contribution >= 4 is 21.8 Å². The van der Waals surface area contributed by atoms with Crippen LogP contribution in [-0.2, 0) is 14.9 Å². The predicted molar refractivity (Wildman–Crippen MR) is 84.1 cm³/mol. The molecule has 0 aromatic heterocycles. The number of hydrogen-bond acceptors (Lipinski definition) is 4. The topological polar surface area (TPSA) is 79.0 Å². The second kappa shape index (κ2) is 6.64. The fourth-order valence-corrected chi connectivity index (χ4v) is 3.37. The number of nitrogens with one attached hydrogen (secondary N) is 1. The van der Waals surface area contributed by atoms with Crippen LogP contribution in [0.5, 0.6) is 0 Å². The normalized spacial score (nSPS) is 16.3. The lowest BCUT2D eigenvalue weighted by atomic mass is 10.1. The molecule has 1 aromatic rings. The number of carbonyl (C=O) groups is 1. The molecular weight excluding hydrogens is 306 g/mol. The van der Waals surface area contributed by atoms with E-state index >= 15 is 0 Å². The van der Waals surface area contributed by atoms with Crippen LogP contribution < -0.4 is 4.72 Å². The van der Waals surface area contributed by atoms with Crippen LogP contribution in [0.15, 0.2) is 18.2 Å². The average molecular weight is 327 g/mol. The highest BCUT2D eigenvalue weighted by Gasteiger charge is 2.25. The first-order chi connectivity index (χ1) is 10.3. The van der Waals surface area contributed by atoms with Gasteiger partial charge in [-0.05, 0) is 24.6 Å². The molecule has 22 heavy (non-hydrogen) atoms. The number of carbonyl (C=O) groups excluding carboxylic acids is 1. The van der Waals surface area contributed by atoms with E-state index in [1.165, 1.54) is 9.21 Å². The third kappa shape index (κ3) is 3.76. The predicted octanol–water partition coefficient (Wildman–Crippen LogP) is 0.686. The van der Waals surface area contributed by atoms with Crippen molar-refractivity contribution in [2.45, 2.75) is 6.92 Å². The van der Waals surface area contributed by atoms with Crippen molar-refractivity contribution in [2.24, 2.45) is 0 Å². The molecule has 1 amide bonds. The van der Waals surface area contributed by atoms with Crippen molar-refractivity contribution in [1.82, 2.24) is 9.21 Å². The van der Waals surface area contributed by atoms with Crippen molar-refractivity contribution < 1.29 is 17.9 Å². The maximum absolute atomic E-state index is 12.4. The van der Waals surface area contributed by atoms with Crippen molar-refractivity contribution in [3.05, 3.63) is 29.3 Å². The number of anilines is 1. The first-order valence-electron chi connectivity index (χ1n) is 6.99. The second-order valence-electron chi connectivity index (χ2n) is 5.35. The van der Waals surface area contributed by atoms with Gasteiger partial charge in [0.15, 0.2) is 0 Å². The molecule has 1 N–H and O–H groups in total. The number of amides is 1. The van der Waals surface area contributed by atoms with Crippen LogP contribution in [0.2, 0.25) is 0 Å². The molecule has 0 bridgehead atoms. The van der Waals surface area contributed by atoms with Gasteiger partial charge in [-0.25, -0.2) is 0 Å². The van der Waals surface area contributed by atoms with Crippen molar-refractivity contribution in [3.63, 3.8) is 0 Å². The zero-order valence-corrected chi connectivity index (χ0v) is 13.8. The largest absolute Gasteiger partial charge is 0.379 e.